The summed E-state index contributed by atoms with van der Waals surface area (Å²) < 4.78 is 1.98. The van der Waals surface area contributed by atoms with Crippen molar-refractivity contribution in [2.45, 2.75) is 39.4 Å². The number of nitrogens with one attached hydrogen (secondary N) is 2. The van der Waals surface area contributed by atoms with E-state index in [1.165, 1.54) is 18.7 Å². The monoisotopic (exact) mass is 423 g/mol. The normalized spacial score (nSPS) is 10.7. The number of benzene rings is 2. The number of anilines is 2. The average Bonchev–Trinajstić information content (AvgIpc) is 3.12. The molecule has 0 saturated carbocycles. The predicted molar refractivity (Wildman–Crippen MR) is 121 cm³/mol. The van der Waals surface area contributed by atoms with E-state index in [0.29, 0.717) is 11.7 Å². The van der Waals surface area contributed by atoms with Crippen molar-refractivity contribution in [2.75, 3.05) is 16.4 Å². The Morgan fingerprint density at radius 2 is 1.67 bits per heavy atom. The van der Waals surface area contributed by atoms with Crippen LogP contribution in [0.25, 0.3) is 11.4 Å². The van der Waals surface area contributed by atoms with Gasteiger partial charge in [0.25, 0.3) is 0 Å². The van der Waals surface area contributed by atoms with Crippen LogP contribution in [-0.4, -0.2) is 32.3 Å². The maximum absolute atomic E-state index is 12.5. The van der Waals surface area contributed by atoms with E-state index in [0.717, 1.165) is 33.9 Å². The molecular formula is C22H25N5O2S. The molecule has 3 rings (SSSR count). The lowest BCUT2D eigenvalue weighted by Crippen LogP contribution is -2.16. The first-order valence-electron chi connectivity index (χ1n) is 9.69. The second kappa shape index (κ2) is 9.58. The van der Waals surface area contributed by atoms with Gasteiger partial charge in [-0.25, -0.2) is 0 Å². The fraction of sp³-hybridized carbons (Fsp3) is 0.273. The molecule has 30 heavy (non-hydrogen) atoms. The Hall–Kier alpha value is -3.13. The number of amides is 2. The molecule has 0 saturated heterocycles. The van der Waals surface area contributed by atoms with E-state index in [4.69, 9.17) is 0 Å². The zero-order chi connectivity index (χ0) is 21.7. The molecule has 8 heteroatoms. The van der Waals surface area contributed by atoms with Gasteiger partial charge in [-0.1, -0.05) is 30.0 Å². The van der Waals surface area contributed by atoms with E-state index in [-0.39, 0.29) is 17.6 Å². The van der Waals surface area contributed by atoms with Crippen LogP contribution in [0.3, 0.4) is 0 Å². The summed E-state index contributed by atoms with van der Waals surface area (Å²) in [5.74, 6) is 0.777. The first kappa shape index (κ1) is 21.6. The molecule has 0 unspecified atom stereocenters. The third-order valence-corrected chi connectivity index (χ3v) is 5.54. The number of carbonyl (C=O) groups is 2. The summed E-state index contributed by atoms with van der Waals surface area (Å²) in [5, 5.41) is 15.0. The molecule has 0 fully saturated rings. The second-order valence-corrected chi connectivity index (χ2v) is 7.86. The molecule has 7 nitrogen and oxygen atoms in total. The Balaban J connectivity index is 1.70. The van der Waals surface area contributed by atoms with Crippen molar-refractivity contribution >= 4 is 35.0 Å². The Labute approximate surface area is 180 Å². The largest absolute Gasteiger partial charge is 0.326 e. The van der Waals surface area contributed by atoms with Gasteiger partial charge in [0.05, 0.1) is 5.75 Å². The van der Waals surface area contributed by atoms with Crippen LogP contribution in [-0.2, 0) is 16.1 Å². The van der Waals surface area contributed by atoms with Crippen LogP contribution < -0.4 is 10.6 Å². The number of thioether (sulfide) groups is 1. The zero-order valence-corrected chi connectivity index (χ0v) is 18.3. The van der Waals surface area contributed by atoms with Crippen LogP contribution in [0.5, 0.6) is 0 Å². The maximum Gasteiger partial charge on any atom is 0.234 e. The number of hydrogen-bond donors (Lipinski definition) is 2. The van der Waals surface area contributed by atoms with Crippen molar-refractivity contribution in [3.05, 3.63) is 53.6 Å². The predicted octanol–water partition coefficient (Wildman–Crippen LogP) is 4.27. The van der Waals surface area contributed by atoms with E-state index < -0.39 is 0 Å². The van der Waals surface area contributed by atoms with E-state index in [2.05, 4.69) is 20.8 Å². The van der Waals surface area contributed by atoms with Crippen LogP contribution >= 0.6 is 11.8 Å². The van der Waals surface area contributed by atoms with E-state index in [1.54, 1.807) is 0 Å². The van der Waals surface area contributed by atoms with Crippen molar-refractivity contribution in [3.8, 4) is 11.4 Å². The summed E-state index contributed by atoms with van der Waals surface area (Å²) in [4.78, 5) is 23.6. The minimum atomic E-state index is -0.114. The van der Waals surface area contributed by atoms with Crippen molar-refractivity contribution in [1.29, 1.82) is 0 Å². The fourth-order valence-corrected chi connectivity index (χ4v) is 3.92. The summed E-state index contributed by atoms with van der Waals surface area (Å²) in [6, 6.07) is 13.4. The minimum absolute atomic E-state index is 0.0794. The highest BCUT2D eigenvalue weighted by atomic mass is 32.2. The molecule has 2 amide bonds. The highest BCUT2D eigenvalue weighted by molar-refractivity contribution is 7.99. The van der Waals surface area contributed by atoms with Gasteiger partial charge in [0, 0.05) is 30.4 Å². The molecular weight excluding hydrogens is 398 g/mol. The lowest BCUT2D eigenvalue weighted by atomic mass is 10.1. The van der Waals surface area contributed by atoms with Gasteiger partial charge < -0.3 is 15.2 Å². The number of hydrogen-bond acceptors (Lipinski definition) is 5. The smallest absolute Gasteiger partial charge is 0.234 e. The topological polar surface area (TPSA) is 88.9 Å². The van der Waals surface area contributed by atoms with Crippen LogP contribution in [0.15, 0.2) is 47.6 Å². The summed E-state index contributed by atoms with van der Waals surface area (Å²) in [6.07, 6.45) is 0. The standard InChI is InChI=1S/C22H25N5O2S/c1-5-27-21(17-9-11-18(12-10-17)23-16(4)28)25-26-22(27)30-13-19(29)24-20-14(2)7-6-8-15(20)3/h6-12H,5,13H2,1-4H3,(H,23,28)(H,24,29). The number of para-hydroxylation sites is 1. The van der Waals surface area contributed by atoms with Gasteiger partial charge in [0.1, 0.15) is 0 Å². The fourth-order valence-electron chi connectivity index (χ4n) is 3.12. The highest BCUT2D eigenvalue weighted by Crippen LogP contribution is 2.26. The molecule has 2 N–H and O–H groups in total. The summed E-state index contributed by atoms with van der Waals surface area (Å²) >= 11 is 1.36. The van der Waals surface area contributed by atoms with Gasteiger partial charge >= 0.3 is 0 Å². The molecule has 156 valence electrons. The van der Waals surface area contributed by atoms with E-state index >= 15 is 0 Å². The number of aromatic nitrogens is 3. The Morgan fingerprint density at radius 3 is 2.27 bits per heavy atom. The Bertz CT molecular complexity index is 1040. The molecule has 0 radical (unpaired) electrons. The SMILES string of the molecule is CCn1c(SCC(=O)Nc2c(C)cccc2C)nnc1-c1ccc(NC(C)=O)cc1. The zero-order valence-electron chi connectivity index (χ0n) is 17.5. The van der Waals surface area contributed by atoms with Crippen molar-refractivity contribution < 1.29 is 9.59 Å². The molecule has 0 bridgehead atoms. The first-order valence-corrected chi connectivity index (χ1v) is 10.7. The van der Waals surface area contributed by atoms with Gasteiger partial charge in [-0.3, -0.25) is 9.59 Å². The van der Waals surface area contributed by atoms with Gasteiger partial charge in [-0.2, -0.15) is 0 Å². The quantitative estimate of drug-likeness (QED) is 0.554. The van der Waals surface area contributed by atoms with Crippen LogP contribution in [0, 0.1) is 13.8 Å². The van der Waals surface area contributed by atoms with Gasteiger partial charge in [0.2, 0.25) is 11.8 Å². The van der Waals surface area contributed by atoms with E-state index in [9.17, 15) is 9.59 Å². The molecule has 1 aromatic heterocycles. The lowest BCUT2D eigenvalue weighted by molar-refractivity contribution is -0.114. The minimum Gasteiger partial charge on any atom is -0.326 e. The number of carbonyl (C=O) groups excluding carboxylic acids is 2. The first-order chi connectivity index (χ1) is 14.4. The third kappa shape index (κ3) is 5.07. The summed E-state index contributed by atoms with van der Waals surface area (Å²) in [6.45, 7) is 8.12. The van der Waals surface area contributed by atoms with Crippen LogP contribution in [0.4, 0.5) is 11.4 Å². The third-order valence-electron chi connectivity index (χ3n) is 4.57. The summed E-state index contributed by atoms with van der Waals surface area (Å²) in [5.41, 5.74) is 4.56. The molecule has 3 aromatic rings. The lowest BCUT2D eigenvalue weighted by Gasteiger charge is -2.11. The molecule has 0 aliphatic rings. The van der Waals surface area contributed by atoms with E-state index in [1.807, 2.05) is 67.8 Å². The van der Waals surface area contributed by atoms with Crippen LogP contribution in [0.2, 0.25) is 0 Å². The summed E-state index contributed by atoms with van der Waals surface area (Å²) in [7, 11) is 0. The van der Waals surface area contributed by atoms with Crippen molar-refractivity contribution in [1.82, 2.24) is 14.8 Å². The maximum atomic E-state index is 12.5. The molecule has 0 aliphatic heterocycles. The van der Waals surface area contributed by atoms with Gasteiger partial charge in [-0.15, -0.1) is 10.2 Å². The number of nitrogens with zero attached hydrogens (tertiary/aromatic N) is 3. The van der Waals surface area contributed by atoms with Gasteiger partial charge in [-0.05, 0) is 56.2 Å². The molecule has 0 aliphatic carbocycles. The molecule has 0 spiro atoms. The number of rotatable bonds is 7. The highest BCUT2D eigenvalue weighted by Gasteiger charge is 2.15. The molecule has 1 heterocycles. The Kier molecular flexibility index (Phi) is 6.89. The van der Waals surface area contributed by atoms with Gasteiger partial charge in [0.15, 0.2) is 11.0 Å². The average molecular weight is 424 g/mol. The van der Waals surface area contributed by atoms with Crippen LogP contribution in [0.1, 0.15) is 25.0 Å². The van der Waals surface area contributed by atoms with Crippen molar-refractivity contribution in [2.24, 2.45) is 0 Å². The second-order valence-electron chi connectivity index (χ2n) is 6.91. The molecule has 0 atom stereocenters. The number of aryl methyl sites for hydroxylation is 2. The molecule has 2 aromatic carbocycles. The Morgan fingerprint density at radius 1 is 1.00 bits per heavy atom. The van der Waals surface area contributed by atoms with Crippen molar-refractivity contribution in [3.63, 3.8) is 0 Å².